The maximum absolute atomic E-state index is 9.44. The SMILES string of the molecule is Cc1cc(O)c(CO)cc1C(C)C. The molecular weight excluding hydrogens is 164 g/mol. The van der Waals surface area contributed by atoms with Gasteiger partial charge in [-0.2, -0.15) is 0 Å². The van der Waals surface area contributed by atoms with Crippen LogP contribution >= 0.6 is 0 Å². The molecule has 0 radical (unpaired) electrons. The first-order valence-electron chi connectivity index (χ1n) is 4.49. The predicted octanol–water partition coefficient (Wildman–Crippen LogP) is 2.32. The molecule has 0 aliphatic heterocycles. The minimum Gasteiger partial charge on any atom is -0.508 e. The van der Waals surface area contributed by atoms with Crippen LogP contribution in [0.1, 0.15) is 36.5 Å². The molecule has 0 aliphatic rings. The Kier molecular flexibility index (Phi) is 2.94. The average Bonchev–Trinajstić information content (AvgIpc) is 2.03. The number of phenols is 1. The maximum Gasteiger partial charge on any atom is 0.121 e. The molecule has 72 valence electrons. The average molecular weight is 180 g/mol. The molecule has 0 saturated heterocycles. The zero-order valence-corrected chi connectivity index (χ0v) is 8.33. The molecule has 1 aromatic carbocycles. The van der Waals surface area contributed by atoms with Gasteiger partial charge in [0.05, 0.1) is 6.61 Å². The molecule has 1 rings (SSSR count). The van der Waals surface area contributed by atoms with Crippen LogP contribution in [0.3, 0.4) is 0 Å². The van der Waals surface area contributed by atoms with Gasteiger partial charge in [0.15, 0.2) is 0 Å². The zero-order chi connectivity index (χ0) is 10.0. The lowest BCUT2D eigenvalue weighted by atomic mass is 9.95. The Morgan fingerprint density at radius 2 is 1.92 bits per heavy atom. The van der Waals surface area contributed by atoms with Gasteiger partial charge in [-0.3, -0.25) is 0 Å². The van der Waals surface area contributed by atoms with Gasteiger partial charge in [-0.15, -0.1) is 0 Å². The van der Waals surface area contributed by atoms with Crippen molar-refractivity contribution in [2.24, 2.45) is 0 Å². The number of aromatic hydroxyl groups is 1. The normalized spacial score (nSPS) is 10.8. The summed E-state index contributed by atoms with van der Waals surface area (Å²) in [7, 11) is 0. The zero-order valence-electron chi connectivity index (χ0n) is 8.33. The summed E-state index contributed by atoms with van der Waals surface area (Å²) in [6, 6.07) is 3.58. The van der Waals surface area contributed by atoms with Gasteiger partial charge in [0.2, 0.25) is 0 Å². The van der Waals surface area contributed by atoms with E-state index in [2.05, 4.69) is 13.8 Å². The quantitative estimate of drug-likeness (QED) is 0.733. The number of aliphatic hydroxyl groups excluding tert-OH is 1. The van der Waals surface area contributed by atoms with Crippen LogP contribution in [0.4, 0.5) is 0 Å². The van der Waals surface area contributed by atoms with Gasteiger partial charge in [0, 0.05) is 5.56 Å². The monoisotopic (exact) mass is 180 g/mol. The van der Waals surface area contributed by atoms with E-state index in [0.29, 0.717) is 11.5 Å². The summed E-state index contributed by atoms with van der Waals surface area (Å²) in [5.74, 6) is 0.607. The molecule has 0 heterocycles. The van der Waals surface area contributed by atoms with Gasteiger partial charge in [-0.1, -0.05) is 13.8 Å². The highest BCUT2D eigenvalue weighted by Gasteiger charge is 2.08. The molecule has 0 unspecified atom stereocenters. The Morgan fingerprint density at radius 1 is 1.31 bits per heavy atom. The summed E-state index contributed by atoms with van der Waals surface area (Å²) in [6.07, 6.45) is 0. The molecular formula is C11H16O2. The molecule has 2 nitrogen and oxygen atoms in total. The van der Waals surface area contributed by atoms with Gasteiger partial charge in [-0.05, 0) is 36.1 Å². The van der Waals surface area contributed by atoms with E-state index >= 15 is 0 Å². The molecule has 0 spiro atoms. The minimum absolute atomic E-state index is 0.105. The van der Waals surface area contributed by atoms with E-state index in [0.717, 1.165) is 5.56 Å². The number of hydrogen-bond donors (Lipinski definition) is 2. The fraction of sp³-hybridized carbons (Fsp3) is 0.455. The van der Waals surface area contributed by atoms with Crippen LogP contribution in [0.15, 0.2) is 12.1 Å². The van der Waals surface area contributed by atoms with Crippen molar-refractivity contribution in [3.05, 3.63) is 28.8 Å². The molecule has 0 amide bonds. The Morgan fingerprint density at radius 3 is 2.38 bits per heavy atom. The fourth-order valence-electron chi connectivity index (χ4n) is 1.51. The summed E-state index contributed by atoms with van der Waals surface area (Å²) >= 11 is 0. The summed E-state index contributed by atoms with van der Waals surface area (Å²) in [5, 5.41) is 18.4. The second-order valence-electron chi connectivity index (χ2n) is 3.65. The molecule has 0 aliphatic carbocycles. The second kappa shape index (κ2) is 3.79. The van der Waals surface area contributed by atoms with Crippen molar-refractivity contribution in [1.29, 1.82) is 0 Å². The lowest BCUT2D eigenvalue weighted by Crippen LogP contribution is -1.95. The number of rotatable bonds is 2. The van der Waals surface area contributed by atoms with Crippen LogP contribution in [0.25, 0.3) is 0 Å². The van der Waals surface area contributed by atoms with E-state index in [1.54, 1.807) is 6.07 Å². The van der Waals surface area contributed by atoms with Crippen molar-refractivity contribution in [2.45, 2.75) is 33.3 Å². The van der Waals surface area contributed by atoms with Crippen LogP contribution in [0, 0.1) is 6.92 Å². The van der Waals surface area contributed by atoms with Crippen molar-refractivity contribution in [3.8, 4) is 5.75 Å². The van der Waals surface area contributed by atoms with E-state index in [9.17, 15) is 5.11 Å². The Bertz CT molecular complexity index is 303. The molecule has 2 heteroatoms. The van der Waals surface area contributed by atoms with Crippen LogP contribution < -0.4 is 0 Å². The first-order valence-corrected chi connectivity index (χ1v) is 4.49. The summed E-state index contributed by atoms with van der Waals surface area (Å²) in [4.78, 5) is 0. The molecule has 0 atom stereocenters. The number of aliphatic hydroxyl groups is 1. The first-order chi connectivity index (χ1) is 6.06. The highest BCUT2D eigenvalue weighted by Crippen LogP contribution is 2.26. The third kappa shape index (κ3) is 2.01. The van der Waals surface area contributed by atoms with Crippen LogP contribution in [0.5, 0.6) is 5.75 Å². The van der Waals surface area contributed by atoms with Gasteiger partial charge in [0.1, 0.15) is 5.75 Å². The van der Waals surface area contributed by atoms with Crippen LogP contribution in [-0.2, 0) is 6.61 Å². The number of benzene rings is 1. The summed E-state index contributed by atoms with van der Waals surface area (Å²) in [5.41, 5.74) is 2.86. The van der Waals surface area contributed by atoms with Crippen LogP contribution in [0.2, 0.25) is 0 Å². The van der Waals surface area contributed by atoms with Crippen molar-refractivity contribution >= 4 is 0 Å². The van der Waals surface area contributed by atoms with Gasteiger partial charge < -0.3 is 10.2 Å². The van der Waals surface area contributed by atoms with Crippen molar-refractivity contribution in [1.82, 2.24) is 0 Å². The first kappa shape index (κ1) is 10.1. The van der Waals surface area contributed by atoms with E-state index in [1.165, 1.54) is 5.56 Å². The maximum atomic E-state index is 9.44. The third-order valence-electron chi connectivity index (χ3n) is 2.26. The third-order valence-corrected chi connectivity index (χ3v) is 2.26. The Hall–Kier alpha value is -1.02. The van der Waals surface area contributed by atoms with Crippen molar-refractivity contribution in [3.63, 3.8) is 0 Å². The molecule has 0 aromatic heterocycles. The van der Waals surface area contributed by atoms with Crippen molar-refractivity contribution < 1.29 is 10.2 Å². The van der Waals surface area contributed by atoms with Gasteiger partial charge in [-0.25, -0.2) is 0 Å². The Balaban J connectivity index is 3.22. The van der Waals surface area contributed by atoms with E-state index in [4.69, 9.17) is 5.11 Å². The van der Waals surface area contributed by atoms with Crippen molar-refractivity contribution in [2.75, 3.05) is 0 Å². The number of hydrogen-bond acceptors (Lipinski definition) is 2. The smallest absolute Gasteiger partial charge is 0.121 e. The number of aryl methyl sites for hydroxylation is 1. The Labute approximate surface area is 78.8 Å². The molecule has 0 saturated carbocycles. The molecule has 2 N–H and O–H groups in total. The molecule has 0 bridgehead atoms. The lowest BCUT2D eigenvalue weighted by molar-refractivity contribution is 0.275. The van der Waals surface area contributed by atoms with Crippen LogP contribution in [-0.4, -0.2) is 10.2 Å². The van der Waals surface area contributed by atoms with Gasteiger partial charge >= 0.3 is 0 Å². The lowest BCUT2D eigenvalue weighted by Gasteiger charge is -2.12. The fourth-order valence-corrected chi connectivity index (χ4v) is 1.51. The predicted molar refractivity (Wildman–Crippen MR) is 52.9 cm³/mol. The van der Waals surface area contributed by atoms with E-state index in [1.807, 2.05) is 13.0 Å². The molecule has 1 aromatic rings. The van der Waals surface area contributed by atoms with E-state index < -0.39 is 0 Å². The molecule has 0 fully saturated rings. The standard InChI is InChI=1S/C11H16O2/c1-7(2)10-5-9(6-12)11(13)4-8(10)3/h4-5,7,12-13H,6H2,1-3H3. The summed E-state index contributed by atoms with van der Waals surface area (Å²) in [6.45, 7) is 6.06. The second-order valence-corrected chi connectivity index (χ2v) is 3.65. The van der Waals surface area contributed by atoms with E-state index in [-0.39, 0.29) is 12.4 Å². The highest BCUT2D eigenvalue weighted by atomic mass is 16.3. The highest BCUT2D eigenvalue weighted by molar-refractivity contribution is 5.42. The topological polar surface area (TPSA) is 40.5 Å². The summed E-state index contributed by atoms with van der Waals surface area (Å²) < 4.78 is 0. The minimum atomic E-state index is -0.105. The van der Waals surface area contributed by atoms with Gasteiger partial charge in [0.25, 0.3) is 0 Å². The largest absolute Gasteiger partial charge is 0.508 e. The molecule has 13 heavy (non-hydrogen) atoms.